The van der Waals surface area contributed by atoms with Crippen LogP contribution in [0.5, 0.6) is 11.5 Å². The van der Waals surface area contributed by atoms with Crippen molar-refractivity contribution < 1.29 is 23.8 Å². The molecule has 0 spiro atoms. The third kappa shape index (κ3) is 5.13. The Morgan fingerprint density at radius 1 is 0.962 bits per heavy atom. The first-order chi connectivity index (χ1) is 12.3. The van der Waals surface area contributed by atoms with E-state index in [0.29, 0.717) is 22.1 Å². The molecule has 0 bridgehead atoms. The lowest BCUT2D eigenvalue weighted by molar-refractivity contribution is -0.153. The number of ether oxygens (including phenoxy) is 3. The minimum atomic E-state index is -0.956. The van der Waals surface area contributed by atoms with Crippen LogP contribution in [0.1, 0.15) is 24.2 Å². The van der Waals surface area contributed by atoms with E-state index >= 15 is 0 Å². The number of methoxy groups -OCH3 is 1. The lowest BCUT2D eigenvalue weighted by atomic mass is 10.1. The maximum absolute atomic E-state index is 12.4. The summed E-state index contributed by atoms with van der Waals surface area (Å²) in [7, 11) is 1.54. The smallest absolute Gasteiger partial charge is 0.347 e. The van der Waals surface area contributed by atoms with E-state index in [9.17, 15) is 9.59 Å². The van der Waals surface area contributed by atoms with Crippen LogP contribution in [0.4, 0.5) is 0 Å². The number of esters is 1. The molecule has 138 valence electrons. The van der Waals surface area contributed by atoms with Gasteiger partial charge in [-0.2, -0.15) is 0 Å². The highest BCUT2D eigenvalue weighted by molar-refractivity contribution is 6.35. The van der Waals surface area contributed by atoms with Gasteiger partial charge in [-0.15, -0.1) is 0 Å². The van der Waals surface area contributed by atoms with Crippen molar-refractivity contribution >= 4 is 35.0 Å². The van der Waals surface area contributed by atoms with E-state index in [1.807, 2.05) is 0 Å². The molecule has 2 aromatic carbocycles. The zero-order valence-electron chi connectivity index (χ0n) is 14.5. The van der Waals surface area contributed by atoms with Crippen molar-refractivity contribution in [3.05, 3.63) is 58.1 Å². The highest BCUT2D eigenvalue weighted by Gasteiger charge is 2.24. The predicted octanol–water partition coefficient (Wildman–Crippen LogP) is 4.58. The Kier molecular flexibility index (Phi) is 6.89. The summed E-state index contributed by atoms with van der Waals surface area (Å²) in [5, 5.41) is 0.732. The molecule has 7 heteroatoms. The summed E-state index contributed by atoms with van der Waals surface area (Å²) in [4.78, 5) is 24.5. The van der Waals surface area contributed by atoms with Crippen LogP contribution in [0.25, 0.3) is 0 Å². The van der Waals surface area contributed by atoms with Crippen LogP contribution in [0, 0.1) is 0 Å². The molecule has 0 N–H and O–H groups in total. The number of carbonyl (C=O) groups is 2. The Hall–Kier alpha value is -2.24. The lowest BCUT2D eigenvalue weighted by Crippen LogP contribution is -2.32. The van der Waals surface area contributed by atoms with Crippen molar-refractivity contribution in [2.45, 2.75) is 26.1 Å². The lowest BCUT2D eigenvalue weighted by Gasteiger charge is -2.18. The van der Waals surface area contributed by atoms with E-state index in [1.165, 1.54) is 27.0 Å². The van der Waals surface area contributed by atoms with Crippen LogP contribution in [-0.4, -0.2) is 31.1 Å². The third-order valence-electron chi connectivity index (χ3n) is 3.57. The summed E-state index contributed by atoms with van der Waals surface area (Å²) in [6, 6.07) is 11.2. The fourth-order valence-electron chi connectivity index (χ4n) is 2.12. The van der Waals surface area contributed by atoms with Gasteiger partial charge in [-0.25, -0.2) is 4.79 Å². The molecule has 26 heavy (non-hydrogen) atoms. The first-order valence-electron chi connectivity index (χ1n) is 7.82. The Labute approximate surface area is 161 Å². The van der Waals surface area contributed by atoms with Crippen LogP contribution in [0.3, 0.4) is 0 Å². The molecule has 0 amide bonds. The van der Waals surface area contributed by atoms with Crippen LogP contribution in [-0.2, 0) is 9.53 Å². The Balaban J connectivity index is 1.97. The van der Waals surface area contributed by atoms with E-state index in [2.05, 4.69) is 0 Å². The average Bonchev–Trinajstić information content (AvgIpc) is 2.63. The number of Topliss-reactive ketones (excluding diaryl/α,β-unsaturated/α-hetero) is 1. The van der Waals surface area contributed by atoms with E-state index in [-0.39, 0.29) is 10.8 Å². The number of benzene rings is 2. The summed E-state index contributed by atoms with van der Waals surface area (Å²) in [6.07, 6.45) is -1.90. The molecule has 2 rings (SSSR count). The van der Waals surface area contributed by atoms with Crippen LogP contribution in [0.15, 0.2) is 42.5 Å². The number of ketones is 1. The minimum Gasteiger partial charge on any atom is -0.497 e. The number of hydrogen-bond acceptors (Lipinski definition) is 5. The monoisotopic (exact) mass is 396 g/mol. The van der Waals surface area contributed by atoms with Gasteiger partial charge in [0, 0.05) is 10.6 Å². The van der Waals surface area contributed by atoms with Crippen LogP contribution < -0.4 is 9.47 Å². The van der Waals surface area contributed by atoms with Gasteiger partial charge in [0.05, 0.1) is 12.1 Å². The van der Waals surface area contributed by atoms with Crippen LogP contribution in [0.2, 0.25) is 10.0 Å². The second-order valence-corrected chi connectivity index (χ2v) is 6.35. The molecule has 2 aromatic rings. The highest BCUT2D eigenvalue weighted by Crippen LogP contribution is 2.28. The molecule has 0 saturated carbocycles. The molecule has 2 atom stereocenters. The molecule has 0 saturated heterocycles. The molecule has 5 nitrogen and oxygen atoms in total. The molecule has 0 aliphatic rings. The number of halogens is 2. The van der Waals surface area contributed by atoms with E-state index in [1.54, 1.807) is 36.4 Å². The Bertz CT molecular complexity index is 789. The average molecular weight is 397 g/mol. The van der Waals surface area contributed by atoms with Gasteiger partial charge in [0.2, 0.25) is 5.78 Å². The Morgan fingerprint density at radius 2 is 1.62 bits per heavy atom. The highest BCUT2D eigenvalue weighted by atomic mass is 35.5. The quantitative estimate of drug-likeness (QED) is 0.506. The van der Waals surface area contributed by atoms with Gasteiger partial charge in [0.1, 0.15) is 11.5 Å². The number of carbonyl (C=O) groups excluding carboxylic acids is 2. The normalized spacial score (nSPS) is 12.8. The summed E-state index contributed by atoms with van der Waals surface area (Å²) in [5.74, 6) is -0.0641. The van der Waals surface area contributed by atoms with E-state index in [0.717, 1.165) is 0 Å². The molecular weight excluding hydrogens is 379 g/mol. The maximum Gasteiger partial charge on any atom is 0.347 e. The largest absolute Gasteiger partial charge is 0.497 e. The summed E-state index contributed by atoms with van der Waals surface area (Å²) in [6.45, 7) is 3.02. The van der Waals surface area contributed by atoms with Gasteiger partial charge in [0.25, 0.3) is 0 Å². The van der Waals surface area contributed by atoms with E-state index < -0.39 is 18.2 Å². The zero-order chi connectivity index (χ0) is 19.3. The fraction of sp³-hybridized carbons (Fsp3) is 0.263. The first kappa shape index (κ1) is 20.1. The second-order valence-electron chi connectivity index (χ2n) is 5.51. The topological polar surface area (TPSA) is 61.8 Å². The third-order valence-corrected chi connectivity index (χ3v) is 4.10. The molecule has 0 aromatic heterocycles. The summed E-state index contributed by atoms with van der Waals surface area (Å²) in [5.41, 5.74) is 0.417. The SMILES string of the molecule is COc1ccc(C(=O)[C@@H](C)OC(=O)[C@H](C)Oc2ccc(Cl)cc2Cl)cc1. The molecule has 0 unspecified atom stereocenters. The van der Waals surface area contributed by atoms with Crippen molar-refractivity contribution in [3.63, 3.8) is 0 Å². The molecule has 0 aliphatic heterocycles. The second kappa shape index (κ2) is 8.92. The maximum atomic E-state index is 12.4. The zero-order valence-corrected chi connectivity index (χ0v) is 16.0. The predicted molar refractivity (Wildman–Crippen MR) is 99.4 cm³/mol. The minimum absolute atomic E-state index is 0.277. The molecule has 0 radical (unpaired) electrons. The number of hydrogen-bond donors (Lipinski definition) is 0. The summed E-state index contributed by atoms with van der Waals surface area (Å²) < 4.78 is 15.7. The van der Waals surface area contributed by atoms with Crippen molar-refractivity contribution in [1.29, 1.82) is 0 Å². The van der Waals surface area contributed by atoms with Gasteiger partial charge in [0.15, 0.2) is 12.2 Å². The van der Waals surface area contributed by atoms with Gasteiger partial charge < -0.3 is 14.2 Å². The Morgan fingerprint density at radius 3 is 2.19 bits per heavy atom. The summed E-state index contributed by atoms with van der Waals surface area (Å²) >= 11 is 11.8. The van der Waals surface area contributed by atoms with Gasteiger partial charge in [-0.1, -0.05) is 23.2 Å². The standard InChI is InChI=1S/C19H18Cl2O5/c1-11(18(22)13-4-7-15(24-3)8-5-13)26-19(23)12(2)25-17-9-6-14(20)10-16(17)21/h4-12H,1-3H3/t11-,12+/m1/s1. The van der Waals surface area contributed by atoms with Crippen molar-refractivity contribution in [1.82, 2.24) is 0 Å². The van der Waals surface area contributed by atoms with Gasteiger partial charge >= 0.3 is 5.97 Å². The van der Waals surface area contributed by atoms with Crippen molar-refractivity contribution in [3.8, 4) is 11.5 Å². The fourth-order valence-corrected chi connectivity index (χ4v) is 2.58. The van der Waals surface area contributed by atoms with E-state index in [4.69, 9.17) is 37.4 Å². The molecule has 0 fully saturated rings. The van der Waals surface area contributed by atoms with Gasteiger partial charge in [-0.05, 0) is 56.3 Å². The van der Waals surface area contributed by atoms with Gasteiger partial charge in [-0.3, -0.25) is 4.79 Å². The molecular formula is C19H18Cl2O5. The molecule has 0 heterocycles. The van der Waals surface area contributed by atoms with Crippen molar-refractivity contribution in [2.75, 3.05) is 7.11 Å². The van der Waals surface area contributed by atoms with Crippen LogP contribution >= 0.6 is 23.2 Å². The molecule has 0 aliphatic carbocycles. The van der Waals surface area contributed by atoms with Crippen molar-refractivity contribution in [2.24, 2.45) is 0 Å². The first-order valence-corrected chi connectivity index (χ1v) is 8.58. The number of rotatable bonds is 7.